The van der Waals surface area contributed by atoms with Crippen LogP contribution in [0.5, 0.6) is 0 Å². The van der Waals surface area contributed by atoms with E-state index in [2.05, 4.69) is 10.6 Å². The van der Waals surface area contributed by atoms with Gasteiger partial charge in [0, 0.05) is 18.2 Å². The van der Waals surface area contributed by atoms with Crippen molar-refractivity contribution >= 4 is 5.91 Å². The fraction of sp³-hybridized carbons (Fsp3) is 0.588. The molecule has 1 saturated heterocycles. The molecule has 120 valence electrons. The Balaban J connectivity index is 1.75. The normalized spacial score (nSPS) is 29.0. The molecule has 2 fully saturated rings. The fourth-order valence-corrected chi connectivity index (χ4v) is 3.96. The maximum absolute atomic E-state index is 13.9. The zero-order valence-corrected chi connectivity index (χ0v) is 12.8. The molecule has 1 aliphatic carbocycles. The highest BCUT2D eigenvalue weighted by atomic mass is 19.1. The third-order valence-electron chi connectivity index (χ3n) is 5.27. The van der Waals surface area contributed by atoms with E-state index in [1.54, 1.807) is 6.92 Å². The molecule has 1 heterocycles. The Labute approximate surface area is 129 Å². The van der Waals surface area contributed by atoms with E-state index in [1.165, 1.54) is 18.6 Å². The highest BCUT2D eigenvalue weighted by molar-refractivity contribution is 5.84. The highest BCUT2D eigenvalue weighted by Gasteiger charge is 2.50. The van der Waals surface area contributed by atoms with E-state index in [-0.39, 0.29) is 11.3 Å². The number of nitrogens with one attached hydrogen (secondary N) is 2. The van der Waals surface area contributed by atoms with E-state index in [0.29, 0.717) is 18.0 Å². The van der Waals surface area contributed by atoms with Crippen LogP contribution in [0.4, 0.5) is 8.78 Å². The number of carbonyl (C=O) groups excluding carboxylic acids is 1. The number of fused-ring (bicyclic) bond motifs is 1. The second-order valence-electron chi connectivity index (χ2n) is 6.59. The van der Waals surface area contributed by atoms with E-state index in [9.17, 15) is 13.6 Å². The number of carbonyl (C=O) groups is 1. The van der Waals surface area contributed by atoms with Crippen LogP contribution in [0.3, 0.4) is 0 Å². The average Bonchev–Trinajstić information content (AvgIpc) is 2.92. The predicted molar refractivity (Wildman–Crippen MR) is 80.2 cm³/mol. The van der Waals surface area contributed by atoms with Crippen LogP contribution in [0.25, 0.3) is 0 Å². The summed E-state index contributed by atoms with van der Waals surface area (Å²) >= 11 is 0. The Morgan fingerprint density at radius 2 is 2.23 bits per heavy atom. The number of halogens is 2. The molecule has 1 unspecified atom stereocenters. The van der Waals surface area contributed by atoms with Crippen molar-refractivity contribution in [3.63, 3.8) is 0 Å². The van der Waals surface area contributed by atoms with Gasteiger partial charge in [-0.25, -0.2) is 8.78 Å². The first kappa shape index (κ1) is 15.4. The van der Waals surface area contributed by atoms with Crippen LogP contribution in [0.2, 0.25) is 0 Å². The van der Waals surface area contributed by atoms with Crippen molar-refractivity contribution in [3.8, 4) is 0 Å². The molecule has 2 aliphatic rings. The van der Waals surface area contributed by atoms with Crippen molar-refractivity contribution in [2.75, 3.05) is 13.1 Å². The number of rotatable bonds is 3. The van der Waals surface area contributed by atoms with Gasteiger partial charge in [0.05, 0.1) is 11.5 Å². The minimum atomic E-state index is -0.616. The molecule has 5 heteroatoms. The van der Waals surface area contributed by atoms with Crippen LogP contribution in [0.1, 0.15) is 44.2 Å². The van der Waals surface area contributed by atoms with Gasteiger partial charge in [0.25, 0.3) is 0 Å². The summed E-state index contributed by atoms with van der Waals surface area (Å²) in [6.07, 6.45) is 4.18. The van der Waals surface area contributed by atoms with Crippen LogP contribution in [-0.4, -0.2) is 19.0 Å². The number of hydrogen-bond acceptors (Lipinski definition) is 2. The summed E-state index contributed by atoms with van der Waals surface area (Å²) in [6, 6.07) is 3.01. The first-order chi connectivity index (χ1) is 10.5. The summed E-state index contributed by atoms with van der Waals surface area (Å²) in [7, 11) is 0. The molecule has 0 aromatic heterocycles. The summed E-state index contributed by atoms with van der Waals surface area (Å²) in [6.45, 7) is 3.32. The Morgan fingerprint density at radius 3 is 3.00 bits per heavy atom. The lowest BCUT2D eigenvalue weighted by molar-refractivity contribution is -0.134. The molecule has 0 radical (unpaired) electrons. The fourth-order valence-electron chi connectivity index (χ4n) is 3.96. The third-order valence-corrected chi connectivity index (χ3v) is 5.27. The smallest absolute Gasteiger partial charge is 0.228 e. The monoisotopic (exact) mass is 308 g/mol. The molecular weight excluding hydrogens is 286 g/mol. The lowest BCUT2D eigenvalue weighted by Gasteiger charge is -2.38. The summed E-state index contributed by atoms with van der Waals surface area (Å²) in [4.78, 5) is 12.8. The maximum atomic E-state index is 13.9. The molecule has 3 nitrogen and oxygen atoms in total. The molecule has 2 N–H and O–H groups in total. The summed E-state index contributed by atoms with van der Waals surface area (Å²) < 4.78 is 26.9. The van der Waals surface area contributed by atoms with E-state index < -0.39 is 17.7 Å². The van der Waals surface area contributed by atoms with Crippen LogP contribution < -0.4 is 10.6 Å². The molecule has 1 aromatic rings. The molecule has 3 atom stereocenters. The van der Waals surface area contributed by atoms with Gasteiger partial charge in [0.15, 0.2) is 0 Å². The van der Waals surface area contributed by atoms with E-state index in [1.807, 2.05) is 0 Å². The van der Waals surface area contributed by atoms with Gasteiger partial charge in [-0.05, 0) is 38.3 Å². The number of hydrogen-bond donors (Lipinski definition) is 2. The van der Waals surface area contributed by atoms with Gasteiger partial charge in [-0.3, -0.25) is 4.79 Å². The van der Waals surface area contributed by atoms with Gasteiger partial charge in [-0.2, -0.15) is 0 Å². The van der Waals surface area contributed by atoms with Gasteiger partial charge in [0.1, 0.15) is 11.6 Å². The van der Waals surface area contributed by atoms with Crippen molar-refractivity contribution < 1.29 is 13.6 Å². The second kappa shape index (κ2) is 5.95. The van der Waals surface area contributed by atoms with Crippen molar-refractivity contribution in [2.24, 2.45) is 11.3 Å². The maximum Gasteiger partial charge on any atom is 0.228 e. The molecule has 1 amide bonds. The SMILES string of the molecule is CC(NC(=O)[C@@]12CCCC[C@H]1CNC2)c1ccc(F)cc1F. The van der Waals surface area contributed by atoms with Crippen molar-refractivity contribution in [1.29, 1.82) is 0 Å². The quantitative estimate of drug-likeness (QED) is 0.901. The Morgan fingerprint density at radius 1 is 1.41 bits per heavy atom. The van der Waals surface area contributed by atoms with E-state index >= 15 is 0 Å². The zero-order valence-electron chi connectivity index (χ0n) is 12.8. The molecular formula is C17H22F2N2O. The van der Waals surface area contributed by atoms with Gasteiger partial charge in [-0.1, -0.05) is 18.9 Å². The molecule has 0 bridgehead atoms. The Hall–Kier alpha value is -1.49. The van der Waals surface area contributed by atoms with Gasteiger partial charge >= 0.3 is 0 Å². The Kier molecular flexibility index (Phi) is 4.17. The van der Waals surface area contributed by atoms with E-state index in [4.69, 9.17) is 0 Å². The third kappa shape index (κ3) is 2.62. The van der Waals surface area contributed by atoms with Crippen LogP contribution >= 0.6 is 0 Å². The minimum absolute atomic E-state index is 0.00146. The minimum Gasteiger partial charge on any atom is -0.349 e. The topological polar surface area (TPSA) is 41.1 Å². The number of benzene rings is 1. The van der Waals surface area contributed by atoms with Gasteiger partial charge in [-0.15, -0.1) is 0 Å². The van der Waals surface area contributed by atoms with Gasteiger partial charge in [0.2, 0.25) is 5.91 Å². The molecule has 1 aromatic carbocycles. The molecule has 1 aliphatic heterocycles. The van der Waals surface area contributed by atoms with Gasteiger partial charge < -0.3 is 10.6 Å². The second-order valence-corrected chi connectivity index (χ2v) is 6.59. The van der Waals surface area contributed by atoms with Crippen LogP contribution in [0.15, 0.2) is 18.2 Å². The highest BCUT2D eigenvalue weighted by Crippen LogP contribution is 2.44. The first-order valence-electron chi connectivity index (χ1n) is 7.99. The predicted octanol–water partition coefficient (Wildman–Crippen LogP) is 2.92. The average molecular weight is 308 g/mol. The molecule has 22 heavy (non-hydrogen) atoms. The largest absolute Gasteiger partial charge is 0.349 e. The number of amides is 1. The standard InChI is InChI=1S/C17H22F2N2O/c1-11(14-6-5-13(18)8-15(14)19)21-16(22)17-7-3-2-4-12(17)9-20-10-17/h5-6,8,11-12,20H,2-4,7,9-10H2,1H3,(H,21,22)/t11?,12-,17+/m0/s1. The summed E-state index contributed by atoms with van der Waals surface area (Å²) in [5, 5.41) is 6.28. The van der Waals surface area contributed by atoms with Crippen LogP contribution in [0, 0.1) is 23.0 Å². The lowest BCUT2D eigenvalue weighted by atomic mass is 9.67. The van der Waals surface area contributed by atoms with Crippen LogP contribution in [-0.2, 0) is 4.79 Å². The van der Waals surface area contributed by atoms with Crippen molar-refractivity contribution in [1.82, 2.24) is 10.6 Å². The van der Waals surface area contributed by atoms with Crippen molar-refractivity contribution in [2.45, 2.75) is 38.6 Å². The molecule has 1 saturated carbocycles. The summed E-state index contributed by atoms with van der Waals surface area (Å²) in [5.74, 6) is -0.856. The molecule has 3 rings (SSSR count). The Bertz CT molecular complexity index is 578. The lowest BCUT2D eigenvalue weighted by Crippen LogP contribution is -2.48. The molecule has 0 spiro atoms. The first-order valence-corrected chi connectivity index (χ1v) is 7.99. The van der Waals surface area contributed by atoms with E-state index in [0.717, 1.165) is 31.9 Å². The zero-order chi connectivity index (χ0) is 15.7. The van der Waals surface area contributed by atoms with Crippen molar-refractivity contribution in [3.05, 3.63) is 35.4 Å². The summed E-state index contributed by atoms with van der Waals surface area (Å²) in [5.41, 5.74) is -0.0345.